The minimum Gasteiger partial charge on any atom is -0.349 e. The number of rotatable bonds is 5. The molecule has 1 N–H and O–H groups in total. The Bertz CT molecular complexity index is 1180. The monoisotopic (exact) mass is 497 g/mol. The Balaban J connectivity index is 1.39. The van der Waals surface area contributed by atoms with Crippen LogP contribution in [0.5, 0.6) is 0 Å². The van der Waals surface area contributed by atoms with Gasteiger partial charge in [-0.2, -0.15) is 4.31 Å². The highest BCUT2D eigenvalue weighted by Gasteiger charge is 2.32. The number of hydrogen-bond donors (Lipinski definition) is 1. The highest BCUT2D eigenvalue weighted by Crippen LogP contribution is 2.27. The molecule has 8 heteroatoms. The largest absolute Gasteiger partial charge is 0.349 e. The molecule has 188 valence electrons. The van der Waals surface area contributed by atoms with Crippen LogP contribution in [0, 0.1) is 18.8 Å². The standard InChI is InChI=1S/C27H35N3O4S/c1-19-15-20(2)18-30(17-19)35(33,34)24-9-6-8-22(16-24)27(32)29-13-11-23(12-14-29)28-26(31)25-10-5-4-7-21(25)3/h4-10,16,19-20,23H,11-15,17-18H2,1-3H3,(H,28,31). The van der Waals surface area contributed by atoms with Crippen molar-refractivity contribution in [3.8, 4) is 0 Å². The SMILES string of the molecule is Cc1ccccc1C(=O)NC1CCN(C(=O)c2cccc(S(=O)(=O)N3CC(C)CC(C)C3)c2)CC1. The molecule has 2 aliphatic rings. The van der Waals surface area contributed by atoms with Gasteiger partial charge in [0.2, 0.25) is 10.0 Å². The molecule has 2 unspecified atom stereocenters. The number of hydrogen-bond acceptors (Lipinski definition) is 4. The van der Waals surface area contributed by atoms with Crippen LogP contribution >= 0.6 is 0 Å². The lowest BCUT2D eigenvalue weighted by Crippen LogP contribution is -2.46. The summed E-state index contributed by atoms with van der Waals surface area (Å²) in [5, 5.41) is 3.09. The zero-order chi connectivity index (χ0) is 25.2. The van der Waals surface area contributed by atoms with Gasteiger partial charge in [-0.1, -0.05) is 38.1 Å². The molecule has 0 aliphatic carbocycles. The summed E-state index contributed by atoms with van der Waals surface area (Å²) in [5.41, 5.74) is 1.98. The van der Waals surface area contributed by atoms with Gasteiger partial charge in [0.1, 0.15) is 0 Å². The maximum absolute atomic E-state index is 13.3. The molecule has 2 heterocycles. The fraction of sp³-hybridized carbons (Fsp3) is 0.481. The van der Waals surface area contributed by atoms with Crippen LogP contribution in [0.4, 0.5) is 0 Å². The molecule has 0 radical (unpaired) electrons. The summed E-state index contributed by atoms with van der Waals surface area (Å²) in [5.74, 6) is 0.357. The highest BCUT2D eigenvalue weighted by molar-refractivity contribution is 7.89. The number of benzene rings is 2. The normalized spacial score (nSPS) is 22.1. The van der Waals surface area contributed by atoms with E-state index in [9.17, 15) is 18.0 Å². The maximum Gasteiger partial charge on any atom is 0.253 e. The Morgan fingerprint density at radius 1 is 0.943 bits per heavy atom. The van der Waals surface area contributed by atoms with Gasteiger partial charge < -0.3 is 10.2 Å². The smallest absolute Gasteiger partial charge is 0.253 e. The van der Waals surface area contributed by atoms with Crippen molar-refractivity contribution in [3.05, 3.63) is 65.2 Å². The van der Waals surface area contributed by atoms with Crippen LogP contribution in [0.1, 0.15) is 59.4 Å². The average molecular weight is 498 g/mol. The Kier molecular flexibility index (Phi) is 7.62. The molecule has 35 heavy (non-hydrogen) atoms. The molecule has 0 aromatic heterocycles. The molecular weight excluding hydrogens is 462 g/mol. The topological polar surface area (TPSA) is 86.8 Å². The van der Waals surface area contributed by atoms with Crippen molar-refractivity contribution in [3.63, 3.8) is 0 Å². The number of carbonyl (C=O) groups is 2. The molecule has 0 spiro atoms. The van der Waals surface area contributed by atoms with Crippen LogP contribution in [0.15, 0.2) is 53.4 Å². The van der Waals surface area contributed by atoms with Gasteiger partial charge in [0.25, 0.3) is 11.8 Å². The molecule has 2 aliphatic heterocycles. The zero-order valence-corrected chi connectivity index (χ0v) is 21.6. The van der Waals surface area contributed by atoms with Crippen LogP contribution in [0.3, 0.4) is 0 Å². The van der Waals surface area contributed by atoms with Crippen LogP contribution in [-0.2, 0) is 10.0 Å². The van der Waals surface area contributed by atoms with E-state index in [1.54, 1.807) is 27.4 Å². The predicted octanol–water partition coefficient (Wildman–Crippen LogP) is 3.70. The fourth-order valence-corrected chi connectivity index (χ4v) is 6.97. The second kappa shape index (κ2) is 10.5. The third-order valence-electron chi connectivity index (χ3n) is 7.06. The van der Waals surface area contributed by atoms with Gasteiger partial charge in [0.15, 0.2) is 0 Å². The summed E-state index contributed by atoms with van der Waals surface area (Å²) in [6.07, 6.45) is 2.34. The maximum atomic E-state index is 13.3. The molecule has 0 saturated carbocycles. The first-order chi connectivity index (χ1) is 16.6. The van der Waals surface area contributed by atoms with E-state index in [0.717, 1.165) is 12.0 Å². The quantitative estimate of drug-likeness (QED) is 0.683. The van der Waals surface area contributed by atoms with E-state index in [0.29, 0.717) is 62.0 Å². The lowest BCUT2D eigenvalue weighted by molar-refractivity contribution is 0.0698. The molecule has 2 aromatic rings. The van der Waals surface area contributed by atoms with Crippen molar-refractivity contribution in [2.75, 3.05) is 26.2 Å². The minimum atomic E-state index is -3.65. The van der Waals surface area contributed by atoms with Crippen molar-refractivity contribution >= 4 is 21.8 Å². The van der Waals surface area contributed by atoms with Gasteiger partial charge in [-0.15, -0.1) is 0 Å². The van der Waals surface area contributed by atoms with Crippen LogP contribution in [0.25, 0.3) is 0 Å². The molecule has 2 saturated heterocycles. The lowest BCUT2D eigenvalue weighted by Gasteiger charge is -2.34. The van der Waals surface area contributed by atoms with Crippen molar-refractivity contribution in [2.24, 2.45) is 11.8 Å². The van der Waals surface area contributed by atoms with E-state index in [2.05, 4.69) is 19.2 Å². The Labute approximate surface area is 208 Å². The van der Waals surface area contributed by atoms with Gasteiger partial charge in [-0.05, 0) is 67.9 Å². The van der Waals surface area contributed by atoms with Gasteiger partial charge in [0, 0.05) is 43.3 Å². The average Bonchev–Trinajstić information content (AvgIpc) is 2.84. The zero-order valence-electron chi connectivity index (χ0n) is 20.7. The van der Waals surface area contributed by atoms with Crippen molar-refractivity contribution in [1.82, 2.24) is 14.5 Å². The Morgan fingerprint density at radius 3 is 2.26 bits per heavy atom. The Morgan fingerprint density at radius 2 is 1.60 bits per heavy atom. The lowest BCUT2D eigenvalue weighted by atomic mass is 9.94. The number of nitrogens with zero attached hydrogens (tertiary/aromatic N) is 2. The number of piperidine rings is 2. The number of likely N-dealkylation sites (tertiary alicyclic amines) is 1. The van der Waals surface area contributed by atoms with E-state index in [1.165, 1.54) is 6.07 Å². The van der Waals surface area contributed by atoms with E-state index in [-0.39, 0.29) is 22.8 Å². The number of sulfonamides is 1. The first-order valence-electron chi connectivity index (χ1n) is 12.4. The predicted molar refractivity (Wildman–Crippen MR) is 136 cm³/mol. The van der Waals surface area contributed by atoms with Gasteiger partial charge in [-0.3, -0.25) is 9.59 Å². The second-order valence-corrected chi connectivity index (χ2v) is 12.1. The highest BCUT2D eigenvalue weighted by atomic mass is 32.2. The van der Waals surface area contributed by atoms with E-state index in [4.69, 9.17) is 0 Å². The van der Waals surface area contributed by atoms with Crippen molar-refractivity contribution in [1.29, 1.82) is 0 Å². The van der Waals surface area contributed by atoms with Crippen molar-refractivity contribution < 1.29 is 18.0 Å². The Hall–Kier alpha value is -2.71. The van der Waals surface area contributed by atoms with Gasteiger partial charge in [0.05, 0.1) is 4.90 Å². The summed E-state index contributed by atoms with van der Waals surface area (Å²) in [6, 6.07) is 13.9. The fourth-order valence-electron chi connectivity index (χ4n) is 5.24. The summed E-state index contributed by atoms with van der Waals surface area (Å²) in [7, 11) is -3.65. The summed E-state index contributed by atoms with van der Waals surface area (Å²) in [4.78, 5) is 27.7. The van der Waals surface area contributed by atoms with E-state index >= 15 is 0 Å². The van der Waals surface area contributed by atoms with Crippen LogP contribution < -0.4 is 5.32 Å². The number of aryl methyl sites for hydroxylation is 1. The molecule has 2 aromatic carbocycles. The van der Waals surface area contributed by atoms with Crippen molar-refractivity contribution in [2.45, 2.75) is 51.0 Å². The summed E-state index contributed by atoms with van der Waals surface area (Å²) >= 11 is 0. The number of nitrogens with one attached hydrogen (secondary N) is 1. The van der Waals surface area contributed by atoms with Gasteiger partial charge in [-0.25, -0.2) is 8.42 Å². The third-order valence-corrected chi connectivity index (χ3v) is 8.89. The molecule has 7 nitrogen and oxygen atoms in total. The number of amides is 2. The van der Waals surface area contributed by atoms with Crippen LogP contribution in [-0.4, -0.2) is 61.7 Å². The summed E-state index contributed by atoms with van der Waals surface area (Å²) in [6.45, 7) is 8.10. The summed E-state index contributed by atoms with van der Waals surface area (Å²) < 4.78 is 28.1. The first-order valence-corrected chi connectivity index (χ1v) is 13.8. The van der Waals surface area contributed by atoms with E-state index < -0.39 is 10.0 Å². The van der Waals surface area contributed by atoms with Gasteiger partial charge >= 0.3 is 0 Å². The first kappa shape index (κ1) is 25.4. The molecule has 0 bridgehead atoms. The third kappa shape index (κ3) is 5.76. The molecule has 4 rings (SSSR count). The van der Waals surface area contributed by atoms with Crippen LogP contribution in [0.2, 0.25) is 0 Å². The molecule has 2 atom stereocenters. The second-order valence-electron chi connectivity index (χ2n) is 10.2. The van der Waals surface area contributed by atoms with E-state index in [1.807, 2.05) is 31.2 Å². The molecule has 2 fully saturated rings. The minimum absolute atomic E-state index is 0.000879. The molecule has 2 amide bonds. The molecular formula is C27H35N3O4S. The number of carbonyl (C=O) groups excluding carboxylic acids is 2.